The molecular formula is C8H13N2O4P. The maximum Gasteiger partial charge on any atom is 0.334 e. The zero-order valence-corrected chi connectivity index (χ0v) is 9.15. The lowest BCUT2D eigenvalue weighted by Gasteiger charge is -2.12. The Bertz CT molecular complexity index is 371. The van der Waals surface area contributed by atoms with Gasteiger partial charge in [-0.2, -0.15) is 0 Å². The number of nitrogens with one attached hydrogen (secondary N) is 1. The summed E-state index contributed by atoms with van der Waals surface area (Å²) in [4.78, 5) is 13.3. The Labute approximate surface area is 87.4 Å². The second-order valence-corrected chi connectivity index (χ2v) is 4.67. The van der Waals surface area contributed by atoms with Gasteiger partial charge in [-0.1, -0.05) is 0 Å². The fourth-order valence-electron chi connectivity index (χ4n) is 1.10. The van der Waals surface area contributed by atoms with Crippen molar-refractivity contribution in [3.8, 4) is 0 Å². The molecule has 0 fully saturated rings. The molecule has 0 saturated heterocycles. The van der Waals surface area contributed by atoms with Gasteiger partial charge < -0.3 is 9.42 Å². The maximum atomic E-state index is 11.4. The number of pyridine rings is 1. The summed E-state index contributed by atoms with van der Waals surface area (Å²) < 4.78 is 16.1. The molecule has 1 unspecified atom stereocenters. The lowest BCUT2D eigenvalue weighted by atomic mass is 10.3. The van der Waals surface area contributed by atoms with Crippen molar-refractivity contribution in [2.75, 3.05) is 12.1 Å². The summed E-state index contributed by atoms with van der Waals surface area (Å²) in [5.41, 5.74) is 2.50. The molecule has 1 rings (SSSR count). The first-order valence-corrected chi connectivity index (χ1v) is 6.15. The highest BCUT2D eigenvalue weighted by molar-refractivity contribution is 7.51. The van der Waals surface area contributed by atoms with Crippen molar-refractivity contribution in [3.63, 3.8) is 0 Å². The smallest absolute Gasteiger partial charge is 0.324 e. The summed E-state index contributed by atoms with van der Waals surface area (Å²) in [6.07, 6.45) is 1.24. The highest BCUT2D eigenvalue weighted by atomic mass is 31.2. The van der Waals surface area contributed by atoms with E-state index in [1.54, 1.807) is 19.1 Å². The number of aromatic nitrogens is 1. The highest BCUT2D eigenvalue weighted by Gasteiger charge is 2.21. The third-order valence-electron chi connectivity index (χ3n) is 1.69. The number of anilines is 1. The molecule has 7 heteroatoms. The van der Waals surface area contributed by atoms with Crippen LogP contribution in [0.2, 0.25) is 0 Å². The summed E-state index contributed by atoms with van der Waals surface area (Å²) in [6, 6.07) is 3.15. The number of rotatable bonds is 5. The predicted octanol–water partition coefficient (Wildman–Crippen LogP) is 1.60. The molecule has 15 heavy (non-hydrogen) atoms. The van der Waals surface area contributed by atoms with Crippen molar-refractivity contribution >= 4 is 13.3 Å². The van der Waals surface area contributed by atoms with Gasteiger partial charge in [0.1, 0.15) is 0 Å². The Kier molecular flexibility index (Phi) is 4.23. The van der Waals surface area contributed by atoms with E-state index in [0.717, 1.165) is 0 Å². The van der Waals surface area contributed by atoms with Crippen LogP contribution in [0.25, 0.3) is 0 Å². The SMILES string of the molecule is CCOP(=O)(O)Cc1ncccc1NO. The normalized spacial score (nSPS) is 14.6. The molecule has 1 aromatic rings. The first-order valence-electron chi connectivity index (χ1n) is 4.39. The third kappa shape index (κ3) is 3.60. The monoisotopic (exact) mass is 232 g/mol. The quantitative estimate of drug-likeness (QED) is 0.527. The molecule has 1 heterocycles. The van der Waals surface area contributed by atoms with E-state index in [9.17, 15) is 9.46 Å². The van der Waals surface area contributed by atoms with Gasteiger partial charge in [0.2, 0.25) is 0 Å². The number of hydrogen-bond donors (Lipinski definition) is 3. The van der Waals surface area contributed by atoms with E-state index in [0.29, 0.717) is 11.4 Å². The molecule has 0 aromatic carbocycles. The van der Waals surface area contributed by atoms with Crippen LogP contribution in [0.4, 0.5) is 5.69 Å². The molecule has 0 aliphatic rings. The molecule has 1 aromatic heterocycles. The molecule has 0 radical (unpaired) electrons. The topological polar surface area (TPSA) is 91.7 Å². The van der Waals surface area contributed by atoms with E-state index in [2.05, 4.69) is 4.98 Å². The van der Waals surface area contributed by atoms with Crippen LogP contribution >= 0.6 is 7.60 Å². The van der Waals surface area contributed by atoms with Crippen molar-refractivity contribution < 1.29 is 19.2 Å². The van der Waals surface area contributed by atoms with Gasteiger partial charge in [-0.25, -0.2) is 0 Å². The fraction of sp³-hybridized carbons (Fsp3) is 0.375. The lowest BCUT2D eigenvalue weighted by molar-refractivity contribution is 0.272. The van der Waals surface area contributed by atoms with Crippen LogP contribution < -0.4 is 5.48 Å². The molecule has 6 nitrogen and oxygen atoms in total. The van der Waals surface area contributed by atoms with Crippen LogP contribution in [0.15, 0.2) is 18.3 Å². The molecule has 0 bridgehead atoms. The van der Waals surface area contributed by atoms with Gasteiger partial charge in [-0.3, -0.25) is 20.2 Å². The minimum Gasteiger partial charge on any atom is -0.324 e. The van der Waals surface area contributed by atoms with Crippen molar-refractivity contribution in [1.29, 1.82) is 0 Å². The van der Waals surface area contributed by atoms with Crippen LogP contribution in [-0.2, 0) is 15.3 Å². The van der Waals surface area contributed by atoms with E-state index in [1.807, 2.05) is 5.48 Å². The third-order valence-corrected chi connectivity index (χ3v) is 3.05. The minimum atomic E-state index is -3.67. The molecule has 0 spiro atoms. The zero-order valence-electron chi connectivity index (χ0n) is 8.25. The average Bonchev–Trinajstić information content (AvgIpc) is 2.17. The van der Waals surface area contributed by atoms with Crippen molar-refractivity contribution in [2.24, 2.45) is 0 Å². The lowest BCUT2D eigenvalue weighted by Crippen LogP contribution is -2.01. The molecule has 1 atom stereocenters. The van der Waals surface area contributed by atoms with Crippen LogP contribution in [0, 0.1) is 0 Å². The fourth-order valence-corrected chi connectivity index (χ4v) is 2.23. The minimum absolute atomic E-state index is 0.155. The first kappa shape index (κ1) is 12.1. The largest absolute Gasteiger partial charge is 0.334 e. The first-order chi connectivity index (χ1) is 7.09. The molecule has 0 aliphatic heterocycles. The second-order valence-electron chi connectivity index (χ2n) is 2.82. The van der Waals surface area contributed by atoms with E-state index in [-0.39, 0.29) is 12.8 Å². The predicted molar refractivity (Wildman–Crippen MR) is 54.8 cm³/mol. The van der Waals surface area contributed by atoms with Crippen molar-refractivity contribution in [3.05, 3.63) is 24.0 Å². The van der Waals surface area contributed by atoms with E-state index >= 15 is 0 Å². The Morgan fingerprint density at radius 3 is 3.00 bits per heavy atom. The van der Waals surface area contributed by atoms with Gasteiger partial charge in [-0.05, 0) is 19.1 Å². The van der Waals surface area contributed by atoms with Crippen molar-refractivity contribution in [1.82, 2.24) is 4.98 Å². The summed E-state index contributed by atoms with van der Waals surface area (Å²) >= 11 is 0. The number of nitrogens with zero attached hydrogens (tertiary/aromatic N) is 1. The molecule has 0 saturated carbocycles. The summed E-state index contributed by atoms with van der Waals surface area (Å²) in [5.74, 6) is 0. The standard InChI is InChI=1S/C8H13N2O4P/c1-2-14-15(12,13)6-8-7(10-11)4-3-5-9-8/h3-5,10-11H,2,6H2,1H3,(H,12,13). The van der Waals surface area contributed by atoms with Gasteiger partial charge in [-0.15, -0.1) is 0 Å². The Morgan fingerprint density at radius 2 is 2.40 bits per heavy atom. The molecule has 0 aliphatic carbocycles. The molecular weight excluding hydrogens is 219 g/mol. The average molecular weight is 232 g/mol. The van der Waals surface area contributed by atoms with E-state index in [4.69, 9.17) is 9.73 Å². The summed E-state index contributed by atoms with van der Waals surface area (Å²) in [7, 11) is -3.67. The molecule has 84 valence electrons. The van der Waals surface area contributed by atoms with Crippen LogP contribution in [0.1, 0.15) is 12.6 Å². The maximum absolute atomic E-state index is 11.4. The van der Waals surface area contributed by atoms with Gasteiger partial charge in [0.25, 0.3) is 0 Å². The van der Waals surface area contributed by atoms with Crippen LogP contribution in [-0.4, -0.2) is 21.7 Å². The summed E-state index contributed by atoms with van der Waals surface area (Å²) in [6.45, 7) is 1.79. The highest BCUT2D eigenvalue weighted by Crippen LogP contribution is 2.46. The van der Waals surface area contributed by atoms with Crippen LogP contribution in [0.5, 0.6) is 0 Å². The van der Waals surface area contributed by atoms with Gasteiger partial charge in [0, 0.05) is 6.20 Å². The van der Waals surface area contributed by atoms with Crippen LogP contribution in [0.3, 0.4) is 0 Å². The number of hydrogen-bond acceptors (Lipinski definition) is 5. The Hall–Kier alpha value is -0.940. The van der Waals surface area contributed by atoms with E-state index < -0.39 is 7.60 Å². The van der Waals surface area contributed by atoms with E-state index in [1.165, 1.54) is 6.20 Å². The Balaban J connectivity index is 2.84. The Morgan fingerprint density at radius 1 is 1.67 bits per heavy atom. The van der Waals surface area contributed by atoms with Gasteiger partial charge in [0.05, 0.1) is 24.2 Å². The zero-order chi connectivity index (χ0) is 11.3. The summed E-state index contributed by atoms with van der Waals surface area (Å²) in [5, 5.41) is 8.74. The molecule has 0 amide bonds. The van der Waals surface area contributed by atoms with Gasteiger partial charge in [0.15, 0.2) is 0 Å². The van der Waals surface area contributed by atoms with Gasteiger partial charge >= 0.3 is 7.60 Å². The van der Waals surface area contributed by atoms with Crippen molar-refractivity contribution in [2.45, 2.75) is 13.1 Å². The second kappa shape index (κ2) is 5.23. The molecule has 3 N–H and O–H groups in total.